The lowest BCUT2D eigenvalue weighted by Crippen LogP contribution is -1.88. The van der Waals surface area contributed by atoms with Gasteiger partial charge in [0.1, 0.15) is 5.75 Å². The molecule has 0 fully saturated rings. The molecule has 1 aromatic carbocycles. The summed E-state index contributed by atoms with van der Waals surface area (Å²) in [6.45, 7) is 2.01. The normalized spacial score (nSPS) is 10.2. The van der Waals surface area contributed by atoms with Crippen LogP contribution in [0, 0.1) is 6.92 Å². The second-order valence-electron chi connectivity index (χ2n) is 3.49. The first kappa shape index (κ1) is 10.5. The molecule has 0 amide bonds. The second kappa shape index (κ2) is 4.26. The monoisotopic (exact) mass is 218 g/mol. The number of hydrogen-bond donors (Lipinski definition) is 1. The predicted molar refractivity (Wildman–Crippen MR) is 61.9 cm³/mol. The Morgan fingerprint density at radius 1 is 1.19 bits per heavy atom. The number of H-pyrrole nitrogens is 1. The van der Waals surface area contributed by atoms with E-state index in [2.05, 4.69) is 9.97 Å². The molecular weight excluding hydrogens is 204 g/mol. The summed E-state index contributed by atoms with van der Waals surface area (Å²) in [5.74, 6) is 0.884. The quantitative estimate of drug-likeness (QED) is 0.860. The Hall–Kier alpha value is -1.97. The van der Waals surface area contributed by atoms with Gasteiger partial charge in [-0.25, -0.2) is 4.98 Å². The fraction of sp³-hybridized carbons (Fsp3) is 0.250. The Bertz CT molecular complexity index is 492. The van der Waals surface area contributed by atoms with Crippen LogP contribution >= 0.6 is 0 Å². The molecule has 0 bridgehead atoms. The first-order valence-corrected chi connectivity index (χ1v) is 4.98. The number of methoxy groups -OCH3 is 2. The lowest BCUT2D eigenvalue weighted by Gasteiger charge is -2.05. The van der Waals surface area contributed by atoms with Crippen LogP contribution in [-0.4, -0.2) is 24.2 Å². The third-order valence-electron chi connectivity index (χ3n) is 2.45. The van der Waals surface area contributed by atoms with Crippen LogP contribution in [0.5, 0.6) is 11.8 Å². The molecule has 16 heavy (non-hydrogen) atoms. The SMILES string of the molecule is COc1ncc(-c2ccc(OC)c(C)c2)[nH]1. The summed E-state index contributed by atoms with van der Waals surface area (Å²) in [5, 5.41) is 0. The standard InChI is InChI=1S/C12H14N2O2/c1-8-6-9(4-5-11(8)15-2)10-7-13-12(14-10)16-3/h4-7H,1-3H3,(H,13,14). The van der Waals surface area contributed by atoms with Gasteiger partial charge >= 0.3 is 0 Å². The van der Waals surface area contributed by atoms with Gasteiger partial charge in [-0.05, 0) is 30.7 Å². The van der Waals surface area contributed by atoms with Crippen molar-refractivity contribution in [2.75, 3.05) is 14.2 Å². The summed E-state index contributed by atoms with van der Waals surface area (Å²) < 4.78 is 10.2. The largest absolute Gasteiger partial charge is 0.496 e. The summed E-state index contributed by atoms with van der Waals surface area (Å²) >= 11 is 0. The minimum Gasteiger partial charge on any atom is -0.496 e. The van der Waals surface area contributed by atoms with Crippen molar-refractivity contribution in [3.63, 3.8) is 0 Å². The van der Waals surface area contributed by atoms with E-state index in [1.54, 1.807) is 20.4 Å². The van der Waals surface area contributed by atoms with Crippen molar-refractivity contribution in [2.45, 2.75) is 6.92 Å². The highest BCUT2D eigenvalue weighted by Crippen LogP contribution is 2.25. The molecule has 2 rings (SSSR count). The lowest BCUT2D eigenvalue weighted by atomic mass is 10.1. The number of aromatic nitrogens is 2. The number of nitrogens with zero attached hydrogens (tertiary/aromatic N) is 1. The average Bonchev–Trinajstić information content (AvgIpc) is 2.77. The van der Waals surface area contributed by atoms with Crippen molar-refractivity contribution in [1.29, 1.82) is 0 Å². The highest BCUT2D eigenvalue weighted by atomic mass is 16.5. The van der Waals surface area contributed by atoms with Crippen molar-refractivity contribution < 1.29 is 9.47 Å². The number of aryl methyl sites for hydroxylation is 1. The Labute approximate surface area is 94.2 Å². The van der Waals surface area contributed by atoms with Crippen molar-refractivity contribution in [3.05, 3.63) is 30.0 Å². The Morgan fingerprint density at radius 2 is 2.00 bits per heavy atom. The third-order valence-corrected chi connectivity index (χ3v) is 2.45. The minimum absolute atomic E-state index is 0.517. The molecule has 2 aromatic rings. The van der Waals surface area contributed by atoms with E-state index in [-0.39, 0.29) is 0 Å². The molecule has 0 spiro atoms. The Kier molecular flexibility index (Phi) is 2.81. The summed E-state index contributed by atoms with van der Waals surface area (Å²) in [4.78, 5) is 7.14. The zero-order valence-electron chi connectivity index (χ0n) is 9.57. The fourth-order valence-corrected chi connectivity index (χ4v) is 1.60. The molecule has 0 atom stereocenters. The second-order valence-corrected chi connectivity index (χ2v) is 3.49. The van der Waals surface area contributed by atoms with Crippen molar-refractivity contribution in [2.24, 2.45) is 0 Å². The fourth-order valence-electron chi connectivity index (χ4n) is 1.60. The van der Waals surface area contributed by atoms with E-state index in [4.69, 9.17) is 9.47 Å². The van der Waals surface area contributed by atoms with E-state index in [0.29, 0.717) is 6.01 Å². The van der Waals surface area contributed by atoms with Crippen LogP contribution in [0.3, 0.4) is 0 Å². The number of aromatic amines is 1. The molecule has 4 heteroatoms. The van der Waals surface area contributed by atoms with Gasteiger partial charge in [-0.3, -0.25) is 0 Å². The van der Waals surface area contributed by atoms with Crippen LogP contribution in [-0.2, 0) is 0 Å². The molecule has 1 heterocycles. The molecule has 0 aliphatic rings. The number of benzene rings is 1. The molecule has 0 aliphatic heterocycles. The van der Waals surface area contributed by atoms with Crippen LogP contribution < -0.4 is 9.47 Å². The van der Waals surface area contributed by atoms with Crippen molar-refractivity contribution >= 4 is 0 Å². The van der Waals surface area contributed by atoms with Crippen molar-refractivity contribution in [1.82, 2.24) is 9.97 Å². The van der Waals surface area contributed by atoms with Gasteiger partial charge in [0, 0.05) is 5.56 Å². The van der Waals surface area contributed by atoms with Crippen molar-refractivity contribution in [3.8, 4) is 23.0 Å². The van der Waals surface area contributed by atoms with Gasteiger partial charge in [0.2, 0.25) is 0 Å². The first-order valence-electron chi connectivity index (χ1n) is 4.98. The highest BCUT2D eigenvalue weighted by molar-refractivity contribution is 5.61. The van der Waals surface area contributed by atoms with Gasteiger partial charge in [0.25, 0.3) is 6.01 Å². The van der Waals surface area contributed by atoms with Crippen LogP contribution in [0.1, 0.15) is 5.56 Å². The smallest absolute Gasteiger partial charge is 0.293 e. The molecule has 84 valence electrons. The highest BCUT2D eigenvalue weighted by Gasteiger charge is 2.05. The summed E-state index contributed by atoms with van der Waals surface area (Å²) in [5.41, 5.74) is 3.09. The van der Waals surface area contributed by atoms with Gasteiger partial charge in [-0.15, -0.1) is 0 Å². The van der Waals surface area contributed by atoms with E-state index in [0.717, 1.165) is 22.6 Å². The van der Waals surface area contributed by atoms with E-state index in [1.165, 1.54) is 0 Å². The lowest BCUT2D eigenvalue weighted by molar-refractivity contribution is 0.384. The zero-order chi connectivity index (χ0) is 11.5. The topological polar surface area (TPSA) is 47.1 Å². The zero-order valence-corrected chi connectivity index (χ0v) is 9.57. The predicted octanol–water partition coefficient (Wildman–Crippen LogP) is 2.40. The summed E-state index contributed by atoms with van der Waals surface area (Å²) in [6, 6.07) is 6.49. The number of imidazole rings is 1. The average molecular weight is 218 g/mol. The molecular formula is C12H14N2O2. The molecule has 4 nitrogen and oxygen atoms in total. The van der Waals surface area contributed by atoms with E-state index >= 15 is 0 Å². The number of hydrogen-bond acceptors (Lipinski definition) is 3. The maximum Gasteiger partial charge on any atom is 0.293 e. The molecule has 0 saturated carbocycles. The molecule has 1 N–H and O–H groups in total. The summed E-state index contributed by atoms with van der Waals surface area (Å²) in [7, 11) is 3.25. The molecule has 1 aromatic heterocycles. The van der Waals surface area contributed by atoms with Crippen LogP contribution in [0.15, 0.2) is 24.4 Å². The van der Waals surface area contributed by atoms with E-state index in [9.17, 15) is 0 Å². The van der Waals surface area contributed by atoms with Gasteiger partial charge in [0.05, 0.1) is 26.1 Å². The van der Waals surface area contributed by atoms with Gasteiger partial charge in [-0.1, -0.05) is 0 Å². The van der Waals surface area contributed by atoms with Gasteiger partial charge < -0.3 is 14.5 Å². The Morgan fingerprint density at radius 3 is 2.56 bits per heavy atom. The number of rotatable bonds is 3. The summed E-state index contributed by atoms with van der Waals surface area (Å²) in [6.07, 6.45) is 1.75. The maximum absolute atomic E-state index is 5.21. The molecule has 0 unspecified atom stereocenters. The van der Waals surface area contributed by atoms with Crippen LogP contribution in [0.25, 0.3) is 11.3 Å². The maximum atomic E-state index is 5.21. The molecule has 0 aliphatic carbocycles. The van der Waals surface area contributed by atoms with E-state index < -0.39 is 0 Å². The third kappa shape index (κ3) is 1.86. The Balaban J connectivity index is 2.37. The van der Waals surface area contributed by atoms with Gasteiger partial charge in [-0.2, -0.15) is 0 Å². The molecule has 0 saturated heterocycles. The molecule has 0 radical (unpaired) electrons. The van der Waals surface area contributed by atoms with E-state index in [1.807, 2.05) is 25.1 Å². The number of ether oxygens (including phenoxy) is 2. The van der Waals surface area contributed by atoms with Gasteiger partial charge in [0.15, 0.2) is 0 Å². The number of nitrogens with one attached hydrogen (secondary N) is 1. The van der Waals surface area contributed by atoms with Crippen LogP contribution in [0.2, 0.25) is 0 Å². The first-order chi connectivity index (χ1) is 7.74. The van der Waals surface area contributed by atoms with Crippen LogP contribution in [0.4, 0.5) is 0 Å². The minimum atomic E-state index is 0.517.